The predicted molar refractivity (Wildman–Crippen MR) is 146 cm³/mol. The zero-order valence-corrected chi connectivity index (χ0v) is 22.8. The van der Waals surface area contributed by atoms with Crippen LogP contribution in [-0.4, -0.2) is 60.5 Å². The van der Waals surface area contributed by atoms with Gasteiger partial charge in [-0.3, -0.25) is 10.1 Å². The average Bonchev–Trinajstić information content (AvgIpc) is 3.53. The van der Waals surface area contributed by atoms with Crippen LogP contribution >= 0.6 is 0 Å². The summed E-state index contributed by atoms with van der Waals surface area (Å²) >= 11 is 0. The van der Waals surface area contributed by atoms with Gasteiger partial charge in [-0.05, 0) is 42.7 Å². The Morgan fingerprint density at radius 2 is 1.88 bits per heavy atom. The number of fused-ring (bicyclic) bond motifs is 1. The number of piperidine rings is 1. The molecule has 0 radical (unpaired) electrons. The van der Waals surface area contributed by atoms with Gasteiger partial charge in [0.2, 0.25) is 0 Å². The fourth-order valence-electron chi connectivity index (χ4n) is 4.82. The number of aromatic nitrogens is 3. The van der Waals surface area contributed by atoms with E-state index in [1.54, 1.807) is 0 Å². The van der Waals surface area contributed by atoms with Gasteiger partial charge in [-0.15, -0.1) is 0 Å². The number of hydrogen-bond donors (Lipinski definition) is 3. The Bertz CT molecular complexity index is 1680. The van der Waals surface area contributed by atoms with Gasteiger partial charge in [0, 0.05) is 43.7 Å². The number of hydrogen-bond acceptors (Lipinski definition) is 9. The molecule has 0 atom stereocenters. The van der Waals surface area contributed by atoms with Crippen LogP contribution in [0.5, 0.6) is 0 Å². The molecular weight excluding hydrogens is 563 g/mol. The van der Waals surface area contributed by atoms with Gasteiger partial charge in [-0.2, -0.15) is 18.3 Å². The minimum Gasteiger partial charge on any atom is -0.380 e. The minimum atomic E-state index is -4.75. The van der Waals surface area contributed by atoms with Crippen LogP contribution in [0.25, 0.3) is 16.7 Å². The lowest BCUT2D eigenvalue weighted by Gasteiger charge is -2.35. The molecule has 0 bridgehead atoms. The summed E-state index contributed by atoms with van der Waals surface area (Å²) in [4.78, 5) is 15.4. The van der Waals surface area contributed by atoms with Gasteiger partial charge in [0.05, 0.1) is 17.0 Å². The first kappa shape index (κ1) is 28.4. The van der Waals surface area contributed by atoms with E-state index in [2.05, 4.69) is 25.8 Å². The van der Waals surface area contributed by atoms with Crippen molar-refractivity contribution in [3.63, 3.8) is 0 Å². The number of carbonyl (C=O) groups is 1. The Morgan fingerprint density at radius 1 is 1.15 bits per heavy atom. The molecule has 1 aliphatic heterocycles. The number of nitrogens with one attached hydrogen (secondary N) is 2. The first-order chi connectivity index (χ1) is 19.4. The second-order valence-electron chi connectivity index (χ2n) is 9.93. The van der Waals surface area contributed by atoms with Crippen LogP contribution in [0.3, 0.4) is 0 Å². The fraction of sp³-hybridized carbons (Fsp3) is 0.346. The van der Waals surface area contributed by atoms with Crippen LogP contribution in [0, 0.1) is 0 Å². The molecule has 1 aliphatic rings. The highest BCUT2D eigenvalue weighted by molar-refractivity contribution is 7.90. The molecule has 1 amide bonds. The zero-order chi connectivity index (χ0) is 29.4. The minimum absolute atomic E-state index is 0.0653. The SMILES string of the molecule is CS(=O)(=O)CNCc1ccccc1N1CCC(NC(=O)c2cc(C(F)(F)F)nn2-c2ccc3onc(N)c3c2)CC1. The van der Waals surface area contributed by atoms with E-state index in [4.69, 9.17) is 10.3 Å². The number of amides is 1. The highest BCUT2D eigenvalue weighted by Crippen LogP contribution is 2.31. The highest BCUT2D eigenvalue weighted by atomic mass is 32.2. The van der Waals surface area contributed by atoms with E-state index in [9.17, 15) is 26.4 Å². The smallest absolute Gasteiger partial charge is 0.380 e. The van der Waals surface area contributed by atoms with E-state index >= 15 is 0 Å². The number of rotatable bonds is 8. The van der Waals surface area contributed by atoms with E-state index in [1.807, 2.05) is 24.3 Å². The first-order valence-corrected chi connectivity index (χ1v) is 14.8. The Labute approximate surface area is 233 Å². The molecular formula is C26H28F3N7O4S. The van der Waals surface area contributed by atoms with Crippen molar-refractivity contribution in [3.8, 4) is 5.69 Å². The van der Waals surface area contributed by atoms with Crippen molar-refractivity contribution in [1.29, 1.82) is 0 Å². The molecule has 0 unspecified atom stereocenters. The van der Waals surface area contributed by atoms with Crippen LogP contribution < -0.4 is 21.3 Å². The van der Waals surface area contributed by atoms with Crippen LogP contribution in [0.1, 0.15) is 34.6 Å². The zero-order valence-electron chi connectivity index (χ0n) is 22.0. The maximum Gasteiger partial charge on any atom is 0.435 e. The van der Waals surface area contributed by atoms with Gasteiger partial charge in [0.25, 0.3) is 5.91 Å². The van der Waals surface area contributed by atoms with Gasteiger partial charge in [-0.1, -0.05) is 23.4 Å². The van der Waals surface area contributed by atoms with Gasteiger partial charge >= 0.3 is 6.18 Å². The Morgan fingerprint density at radius 3 is 2.59 bits per heavy atom. The van der Waals surface area contributed by atoms with E-state index in [0.717, 1.165) is 28.3 Å². The molecule has 0 aliphatic carbocycles. The molecule has 5 rings (SSSR count). The summed E-state index contributed by atoms with van der Waals surface area (Å²) < 4.78 is 69.6. The number of benzene rings is 2. The molecule has 1 fully saturated rings. The Kier molecular flexibility index (Phi) is 7.66. The Balaban J connectivity index is 1.30. The van der Waals surface area contributed by atoms with Crippen molar-refractivity contribution in [3.05, 3.63) is 65.5 Å². The third-order valence-electron chi connectivity index (χ3n) is 6.80. The normalized spacial score (nSPS) is 15.0. The van der Waals surface area contributed by atoms with Crippen molar-refractivity contribution < 1.29 is 30.9 Å². The third kappa shape index (κ3) is 6.46. The topological polar surface area (TPSA) is 148 Å². The number of para-hydroxylation sites is 1. The van der Waals surface area contributed by atoms with Gasteiger partial charge in [-0.25, -0.2) is 13.1 Å². The number of halogens is 3. The molecule has 2 aromatic heterocycles. The van der Waals surface area contributed by atoms with Crippen molar-refractivity contribution in [2.45, 2.75) is 31.6 Å². The average molecular weight is 592 g/mol. The highest BCUT2D eigenvalue weighted by Gasteiger charge is 2.36. The lowest BCUT2D eigenvalue weighted by atomic mass is 10.0. The summed E-state index contributed by atoms with van der Waals surface area (Å²) in [6.45, 7) is 1.55. The summed E-state index contributed by atoms with van der Waals surface area (Å²) in [5.41, 5.74) is 6.77. The molecule has 218 valence electrons. The van der Waals surface area contributed by atoms with E-state index in [-0.39, 0.29) is 29.1 Å². The molecule has 4 N–H and O–H groups in total. The number of nitrogen functional groups attached to an aromatic ring is 1. The molecule has 2 aromatic carbocycles. The van der Waals surface area contributed by atoms with Crippen LogP contribution in [0.15, 0.2) is 53.1 Å². The third-order valence-corrected chi connectivity index (χ3v) is 7.53. The largest absolute Gasteiger partial charge is 0.435 e. The first-order valence-electron chi connectivity index (χ1n) is 12.7. The number of carbonyl (C=O) groups excluding carboxylic acids is 1. The lowest BCUT2D eigenvalue weighted by molar-refractivity contribution is -0.141. The van der Waals surface area contributed by atoms with Gasteiger partial charge in [0.1, 0.15) is 5.69 Å². The molecule has 11 nitrogen and oxygen atoms in total. The number of alkyl halides is 3. The monoisotopic (exact) mass is 591 g/mol. The maximum absolute atomic E-state index is 13.6. The fourth-order valence-corrected chi connectivity index (χ4v) is 5.29. The standard InChI is InChI=1S/C26H28F3N7O4S/c1-41(38,39)15-31-14-16-4-2-3-5-20(16)35-10-8-17(9-11-35)32-25(37)21-13-23(26(27,28)29)33-36(21)18-6-7-22-19(12-18)24(30)34-40-22/h2-7,12-13,17,31H,8-11,14-15H2,1H3,(H2,30,34)(H,32,37). The Hall–Kier alpha value is -4.11. The lowest BCUT2D eigenvalue weighted by Crippen LogP contribution is -2.45. The molecule has 15 heteroatoms. The quantitative estimate of drug-likeness (QED) is 0.281. The molecule has 41 heavy (non-hydrogen) atoms. The van der Waals surface area contributed by atoms with Crippen LogP contribution in [-0.2, 0) is 22.6 Å². The van der Waals surface area contributed by atoms with Gasteiger partial charge in [0.15, 0.2) is 26.9 Å². The van der Waals surface area contributed by atoms with Crippen molar-refractivity contribution in [2.24, 2.45) is 0 Å². The van der Waals surface area contributed by atoms with Crippen molar-refractivity contribution in [2.75, 3.05) is 35.9 Å². The molecule has 0 spiro atoms. The molecule has 3 heterocycles. The van der Waals surface area contributed by atoms with Crippen LogP contribution in [0.4, 0.5) is 24.7 Å². The van der Waals surface area contributed by atoms with Crippen molar-refractivity contribution in [1.82, 2.24) is 25.6 Å². The number of sulfone groups is 1. The van der Waals surface area contributed by atoms with E-state index in [1.165, 1.54) is 18.2 Å². The summed E-state index contributed by atoms with van der Waals surface area (Å²) in [7, 11) is -3.16. The summed E-state index contributed by atoms with van der Waals surface area (Å²) in [6.07, 6.45) is -2.48. The summed E-state index contributed by atoms with van der Waals surface area (Å²) in [5.74, 6) is -0.756. The number of nitrogens with two attached hydrogens (primary N) is 1. The predicted octanol–water partition coefficient (Wildman–Crippen LogP) is 3.11. The van der Waals surface area contributed by atoms with E-state index < -0.39 is 27.6 Å². The van der Waals surface area contributed by atoms with Crippen molar-refractivity contribution >= 4 is 38.2 Å². The molecule has 4 aromatic rings. The maximum atomic E-state index is 13.6. The molecule has 0 saturated carbocycles. The number of nitrogens with zero attached hydrogens (tertiary/aromatic N) is 4. The van der Waals surface area contributed by atoms with E-state index in [0.29, 0.717) is 43.4 Å². The second-order valence-corrected chi connectivity index (χ2v) is 12.1. The van der Waals surface area contributed by atoms with Gasteiger partial charge < -0.3 is 20.5 Å². The summed E-state index contributed by atoms with van der Waals surface area (Å²) in [6, 6.07) is 12.5. The molecule has 1 saturated heterocycles. The number of anilines is 2. The summed E-state index contributed by atoms with van der Waals surface area (Å²) in [5, 5.41) is 13.5. The second kappa shape index (κ2) is 11.0. The van der Waals surface area contributed by atoms with Crippen LogP contribution in [0.2, 0.25) is 0 Å².